The van der Waals surface area contributed by atoms with E-state index >= 15 is 0 Å². The van der Waals surface area contributed by atoms with E-state index in [2.05, 4.69) is 19.2 Å². The number of carbonyl (C=O) groups is 1. The summed E-state index contributed by atoms with van der Waals surface area (Å²) >= 11 is 0. The fourth-order valence-corrected chi connectivity index (χ4v) is 4.14. The first-order chi connectivity index (χ1) is 13.2. The third-order valence-corrected chi connectivity index (χ3v) is 6.75. The van der Waals surface area contributed by atoms with Crippen LogP contribution < -0.4 is 5.32 Å². The van der Waals surface area contributed by atoms with Crippen molar-refractivity contribution in [2.24, 2.45) is 5.92 Å². The van der Waals surface area contributed by atoms with E-state index in [1.165, 1.54) is 20.2 Å². The smallest absolute Gasteiger partial charge is 0.251 e. The molecule has 1 N–H and O–H groups in total. The number of rotatable bonds is 8. The van der Waals surface area contributed by atoms with Crippen LogP contribution in [0.25, 0.3) is 0 Å². The Balaban J connectivity index is 2.39. The normalized spacial score (nSPS) is 13.0. The van der Waals surface area contributed by atoms with Crippen molar-refractivity contribution in [1.82, 2.24) is 9.62 Å². The van der Waals surface area contributed by atoms with Crippen LogP contribution >= 0.6 is 0 Å². The van der Waals surface area contributed by atoms with Gasteiger partial charge in [-0.2, -0.15) is 0 Å². The molecule has 5 nitrogen and oxygen atoms in total. The molecular formula is C21H27FN2O3S. The Morgan fingerprint density at radius 2 is 1.68 bits per heavy atom. The van der Waals surface area contributed by atoms with Gasteiger partial charge in [0.05, 0.1) is 6.04 Å². The molecule has 1 unspecified atom stereocenters. The lowest BCUT2D eigenvalue weighted by Gasteiger charge is -2.27. The molecule has 7 heteroatoms. The predicted octanol–water partition coefficient (Wildman–Crippen LogP) is 3.98. The Hall–Kier alpha value is -2.25. The van der Waals surface area contributed by atoms with Crippen LogP contribution in [0.5, 0.6) is 0 Å². The summed E-state index contributed by atoms with van der Waals surface area (Å²) in [6.07, 6.45) is 1.75. The standard InChI is InChI=1S/C21H27FN2O3S/c1-5-15(6-2)20(16-10-8-7-9-11-16)23-21(25)17-12-13-18(22)19(14-17)28(26,27)24(3)4/h7-15,20H,5-6H2,1-4H3,(H,23,25). The van der Waals surface area contributed by atoms with Crippen LogP contribution in [-0.4, -0.2) is 32.7 Å². The number of nitrogens with zero attached hydrogens (tertiary/aromatic N) is 1. The van der Waals surface area contributed by atoms with Gasteiger partial charge in [-0.1, -0.05) is 57.0 Å². The Morgan fingerprint density at radius 1 is 1.07 bits per heavy atom. The van der Waals surface area contributed by atoms with Crippen molar-refractivity contribution in [3.63, 3.8) is 0 Å². The second-order valence-electron chi connectivity index (χ2n) is 6.87. The van der Waals surface area contributed by atoms with Crippen molar-refractivity contribution in [2.45, 2.75) is 37.6 Å². The first kappa shape index (κ1) is 22.0. The molecule has 0 radical (unpaired) electrons. The van der Waals surface area contributed by atoms with Crippen molar-refractivity contribution in [3.8, 4) is 0 Å². The SMILES string of the molecule is CCC(CC)C(NC(=O)c1ccc(F)c(S(=O)(=O)N(C)C)c1)c1ccccc1. The van der Waals surface area contributed by atoms with E-state index in [4.69, 9.17) is 0 Å². The van der Waals surface area contributed by atoms with Crippen LogP contribution in [0.4, 0.5) is 4.39 Å². The van der Waals surface area contributed by atoms with Crippen molar-refractivity contribution in [1.29, 1.82) is 0 Å². The maximum absolute atomic E-state index is 14.1. The second-order valence-corrected chi connectivity index (χ2v) is 8.99. The van der Waals surface area contributed by atoms with E-state index in [9.17, 15) is 17.6 Å². The molecule has 1 atom stereocenters. The highest BCUT2D eigenvalue weighted by Crippen LogP contribution is 2.28. The topological polar surface area (TPSA) is 66.5 Å². The first-order valence-electron chi connectivity index (χ1n) is 9.30. The second kappa shape index (κ2) is 9.30. The molecule has 0 aliphatic heterocycles. The molecule has 0 aromatic heterocycles. The van der Waals surface area contributed by atoms with Gasteiger partial charge in [0.15, 0.2) is 0 Å². The van der Waals surface area contributed by atoms with Gasteiger partial charge in [-0.15, -0.1) is 0 Å². The van der Waals surface area contributed by atoms with E-state index < -0.39 is 26.6 Å². The summed E-state index contributed by atoms with van der Waals surface area (Å²) in [6, 6.07) is 12.8. The predicted molar refractivity (Wildman–Crippen MR) is 108 cm³/mol. The molecule has 2 aromatic rings. The van der Waals surface area contributed by atoms with Gasteiger partial charge in [0.1, 0.15) is 10.7 Å². The van der Waals surface area contributed by atoms with Crippen LogP contribution in [-0.2, 0) is 10.0 Å². The molecule has 0 bridgehead atoms. The molecule has 0 heterocycles. The van der Waals surface area contributed by atoms with Crippen molar-refractivity contribution >= 4 is 15.9 Å². The zero-order valence-corrected chi connectivity index (χ0v) is 17.5. The summed E-state index contributed by atoms with van der Waals surface area (Å²) < 4.78 is 39.7. The highest BCUT2D eigenvalue weighted by molar-refractivity contribution is 7.89. The Bertz CT molecular complexity index is 911. The molecule has 0 aliphatic rings. The van der Waals surface area contributed by atoms with E-state index in [0.717, 1.165) is 34.8 Å². The number of hydrogen-bond acceptors (Lipinski definition) is 3. The van der Waals surface area contributed by atoms with E-state index in [1.807, 2.05) is 30.3 Å². The minimum atomic E-state index is -3.99. The molecule has 2 aromatic carbocycles. The summed E-state index contributed by atoms with van der Waals surface area (Å²) in [6.45, 7) is 4.13. The quantitative estimate of drug-likeness (QED) is 0.721. The number of amides is 1. The van der Waals surface area contributed by atoms with Crippen LogP contribution in [0.1, 0.15) is 48.7 Å². The molecule has 152 valence electrons. The molecular weight excluding hydrogens is 379 g/mol. The highest BCUT2D eigenvalue weighted by Gasteiger charge is 2.26. The number of benzene rings is 2. The average molecular weight is 407 g/mol. The van der Waals surface area contributed by atoms with Gasteiger partial charge in [-0.3, -0.25) is 4.79 Å². The lowest BCUT2D eigenvalue weighted by Crippen LogP contribution is -2.33. The molecule has 0 fully saturated rings. The molecule has 0 aliphatic carbocycles. The Morgan fingerprint density at radius 3 is 2.21 bits per heavy atom. The molecule has 0 saturated heterocycles. The van der Waals surface area contributed by atoms with Crippen molar-refractivity contribution < 1.29 is 17.6 Å². The van der Waals surface area contributed by atoms with Gasteiger partial charge in [0.25, 0.3) is 5.91 Å². The number of hydrogen-bond donors (Lipinski definition) is 1. The van der Waals surface area contributed by atoms with E-state index in [0.29, 0.717) is 0 Å². The summed E-state index contributed by atoms with van der Waals surface area (Å²) in [5.41, 5.74) is 1.08. The van der Waals surface area contributed by atoms with Gasteiger partial charge in [-0.25, -0.2) is 17.1 Å². The lowest BCUT2D eigenvalue weighted by atomic mass is 9.88. The molecule has 2 rings (SSSR count). The fraction of sp³-hybridized carbons (Fsp3) is 0.381. The summed E-state index contributed by atoms with van der Waals surface area (Å²) in [4.78, 5) is 12.4. The molecule has 0 spiro atoms. The van der Waals surface area contributed by atoms with Gasteiger partial charge < -0.3 is 5.32 Å². The molecule has 1 amide bonds. The number of carbonyl (C=O) groups excluding carboxylic acids is 1. The highest BCUT2D eigenvalue weighted by atomic mass is 32.2. The third-order valence-electron chi connectivity index (χ3n) is 4.92. The maximum atomic E-state index is 14.1. The largest absolute Gasteiger partial charge is 0.345 e. The average Bonchev–Trinajstić information content (AvgIpc) is 2.68. The monoisotopic (exact) mass is 406 g/mol. The fourth-order valence-electron chi connectivity index (χ4n) is 3.16. The van der Waals surface area contributed by atoms with Crippen molar-refractivity contribution in [2.75, 3.05) is 14.1 Å². The summed E-state index contributed by atoms with van der Waals surface area (Å²) in [5.74, 6) is -1.10. The maximum Gasteiger partial charge on any atom is 0.251 e. The van der Waals surface area contributed by atoms with Gasteiger partial charge in [-0.05, 0) is 29.7 Å². The first-order valence-corrected chi connectivity index (χ1v) is 10.7. The Labute approximate surface area is 166 Å². The zero-order valence-electron chi connectivity index (χ0n) is 16.6. The third kappa shape index (κ3) is 4.77. The van der Waals surface area contributed by atoms with Crippen molar-refractivity contribution in [3.05, 3.63) is 65.5 Å². The minimum absolute atomic E-state index is 0.105. The van der Waals surface area contributed by atoms with Gasteiger partial charge in [0.2, 0.25) is 10.0 Å². The van der Waals surface area contributed by atoms with Gasteiger partial charge in [0, 0.05) is 19.7 Å². The zero-order chi connectivity index (χ0) is 20.9. The van der Waals surface area contributed by atoms with Crippen LogP contribution in [0.2, 0.25) is 0 Å². The van der Waals surface area contributed by atoms with Crippen LogP contribution in [0.15, 0.2) is 53.4 Å². The van der Waals surface area contributed by atoms with E-state index in [-0.39, 0.29) is 17.5 Å². The number of halogens is 1. The molecule has 0 saturated carbocycles. The van der Waals surface area contributed by atoms with Crippen LogP contribution in [0, 0.1) is 11.7 Å². The van der Waals surface area contributed by atoms with E-state index in [1.54, 1.807) is 0 Å². The van der Waals surface area contributed by atoms with Crippen LogP contribution in [0.3, 0.4) is 0 Å². The summed E-state index contributed by atoms with van der Waals surface area (Å²) in [7, 11) is -1.35. The summed E-state index contributed by atoms with van der Waals surface area (Å²) in [5, 5.41) is 3.01. The van der Waals surface area contributed by atoms with Gasteiger partial charge >= 0.3 is 0 Å². The number of sulfonamides is 1. The molecule has 28 heavy (non-hydrogen) atoms. The Kier molecular flexibility index (Phi) is 7.32. The lowest BCUT2D eigenvalue weighted by molar-refractivity contribution is 0.0919. The minimum Gasteiger partial charge on any atom is -0.345 e. The number of nitrogens with one attached hydrogen (secondary N) is 1.